The zero-order chi connectivity index (χ0) is 13.9. The van der Waals surface area contributed by atoms with Crippen molar-refractivity contribution in [1.29, 1.82) is 0 Å². The highest BCUT2D eigenvalue weighted by Gasteiger charge is 2.41. The van der Waals surface area contributed by atoms with E-state index in [9.17, 15) is 0 Å². The summed E-state index contributed by atoms with van der Waals surface area (Å²) in [5.41, 5.74) is 2.21. The molecule has 3 rings (SSSR count). The van der Waals surface area contributed by atoms with Crippen LogP contribution in [-0.4, -0.2) is 41.0 Å². The lowest BCUT2D eigenvalue weighted by molar-refractivity contribution is 0.0992. The number of ether oxygens (including phenoxy) is 1. The lowest BCUT2D eigenvalue weighted by Crippen LogP contribution is -2.47. The average Bonchev–Trinajstić information content (AvgIpc) is 3.13. The first kappa shape index (κ1) is 13.4. The molecule has 2 aliphatic rings. The van der Waals surface area contributed by atoms with Crippen LogP contribution in [0.25, 0.3) is 0 Å². The Bertz CT molecular complexity index is 484. The molecule has 0 spiro atoms. The van der Waals surface area contributed by atoms with Crippen molar-refractivity contribution in [1.82, 2.24) is 20.8 Å². The minimum absolute atomic E-state index is 0.361. The summed E-state index contributed by atoms with van der Waals surface area (Å²) in [6.07, 6.45) is 6.13. The molecule has 2 saturated heterocycles. The van der Waals surface area contributed by atoms with Crippen molar-refractivity contribution in [3.63, 3.8) is 0 Å². The summed E-state index contributed by atoms with van der Waals surface area (Å²) in [5, 5.41) is 13.8. The molecule has 2 bridgehead atoms. The van der Waals surface area contributed by atoms with E-state index in [0.29, 0.717) is 24.8 Å². The van der Waals surface area contributed by atoms with Crippen LogP contribution in [0.2, 0.25) is 0 Å². The molecule has 2 fully saturated rings. The zero-order valence-electron chi connectivity index (χ0n) is 12.1. The molecule has 6 heteroatoms. The molecule has 3 N–H and O–H groups in total. The monoisotopic (exact) mass is 277 g/mol. The van der Waals surface area contributed by atoms with Gasteiger partial charge in [-0.25, -0.2) is 4.99 Å². The van der Waals surface area contributed by atoms with Crippen LogP contribution < -0.4 is 10.6 Å². The Morgan fingerprint density at radius 1 is 1.55 bits per heavy atom. The Morgan fingerprint density at radius 3 is 3.05 bits per heavy atom. The summed E-state index contributed by atoms with van der Waals surface area (Å²) in [4.78, 5) is 4.64. The minimum atomic E-state index is 0.361. The van der Waals surface area contributed by atoms with Gasteiger partial charge in [-0.1, -0.05) is 0 Å². The molecular formula is C14H23N5O. The molecule has 0 aliphatic carbocycles. The van der Waals surface area contributed by atoms with Gasteiger partial charge in [0.15, 0.2) is 5.96 Å². The molecular weight excluding hydrogens is 254 g/mol. The second-order valence-corrected chi connectivity index (χ2v) is 5.58. The van der Waals surface area contributed by atoms with E-state index in [-0.39, 0.29) is 0 Å². The summed E-state index contributed by atoms with van der Waals surface area (Å²) in [7, 11) is 0. The molecule has 20 heavy (non-hydrogen) atoms. The van der Waals surface area contributed by atoms with Crippen LogP contribution >= 0.6 is 0 Å². The van der Waals surface area contributed by atoms with Crippen molar-refractivity contribution < 1.29 is 4.74 Å². The topological polar surface area (TPSA) is 74.3 Å². The molecule has 3 heterocycles. The number of hydrogen-bond donors (Lipinski definition) is 3. The van der Waals surface area contributed by atoms with Gasteiger partial charge in [-0.05, 0) is 33.1 Å². The summed E-state index contributed by atoms with van der Waals surface area (Å²) in [5.74, 6) is 0.870. The number of aromatic amines is 1. The standard InChI is InChI=1S/C14H23N5O/c1-3-15-14(16-7-10-8-17-19-9(10)2)18-12-6-11-4-5-13(12)20-11/h8,11-13H,3-7H2,1-2H3,(H,17,19)(H2,15,16,18). The number of fused-ring (bicyclic) bond motifs is 2. The van der Waals surface area contributed by atoms with E-state index in [2.05, 4.69) is 32.7 Å². The van der Waals surface area contributed by atoms with E-state index in [0.717, 1.165) is 30.2 Å². The third-order valence-electron chi connectivity index (χ3n) is 4.11. The van der Waals surface area contributed by atoms with Gasteiger partial charge in [-0.2, -0.15) is 5.10 Å². The number of aliphatic imine (C=N–C) groups is 1. The van der Waals surface area contributed by atoms with Gasteiger partial charge in [0, 0.05) is 17.8 Å². The molecule has 3 unspecified atom stereocenters. The second kappa shape index (κ2) is 5.83. The number of rotatable bonds is 4. The van der Waals surface area contributed by atoms with Crippen LogP contribution in [0, 0.1) is 6.92 Å². The number of nitrogens with zero attached hydrogens (tertiary/aromatic N) is 2. The number of aromatic nitrogens is 2. The van der Waals surface area contributed by atoms with Gasteiger partial charge < -0.3 is 15.4 Å². The van der Waals surface area contributed by atoms with Crippen molar-refractivity contribution in [2.75, 3.05) is 6.54 Å². The fourth-order valence-electron chi connectivity index (χ4n) is 2.98. The largest absolute Gasteiger partial charge is 0.373 e. The summed E-state index contributed by atoms with van der Waals surface area (Å²) in [6, 6.07) is 0.400. The first-order chi connectivity index (χ1) is 9.76. The Labute approximate surface area is 119 Å². The third kappa shape index (κ3) is 2.80. The van der Waals surface area contributed by atoms with Crippen LogP contribution in [0.5, 0.6) is 0 Å². The predicted octanol–water partition coefficient (Wildman–Crippen LogP) is 1.09. The van der Waals surface area contributed by atoms with Gasteiger partial charge in [0.25, 0.3) is 0 Å². The third-order valence-corrected chi connectivity index (χ3v) is 4.11. The lowest BCUT2D eigenvalue weighted by atomic mass is 9.96. The van der Waals surface area contributed by atoms with Crippen molar-refractivity contribution in [3.05, 3.63) is 17.5 Å². The van der Waals surface area contributed by atoms with Gasteiger partial charge in [-0.3, -0.25) is 5.10 Å². The first-order valence-electron chi connectivity index (χ1n) is 7.45. The normalized spacial score (nSPS) is 28.9. The Hall–Kier alpha value is -1.56. The molecule has 6 nitrogen and oxygen atoms in total. The average molecular weight is 277 g/mol. The highest BCUT2D eigenvalue weighted by Crippen LogP contribution is 2.34. The Kier molecular flexibility index (Phi) is 3.91. The van der Waals surface area contributed by atoms with Gasteiger partial charge in [0.2, 0.25) is 0 Å². The van der Waals surface area contributed by atoms with Crippen molar-refractivity contribution >= 4 is 5.96 Å². The zero-order valence-corrected chi connectivity index (χ0v) is 12.1. The number of aryl methyl sites for hydroxylation is 1. The maximum absolute atomic E-state index is 5.87. The van der Waals surface area contributed by atoms with Crippen LogP contribution in [-0.2, 0) is 11.3 Å². The number of guanidine groups is 1. The van der Waals surface area contributed by atoms with E-state index in [1.54, 1.807) is 0 Å². The predicted molar refractivity (Wildman–Crippen MR) is 77.6 cm³/mol. The minimum Gasteiger partial charge on any atom is -0.373 e. The van der Waals surface area contributed by atoms with E-state index in [4.69, 9.17) is 4.74 Å². The quantitative estimate of drug-likeness (QED) is 0.569. The molecule has 0 aromatic carbocycles. The summed E-state index contributed by atoms with van der Waals surface area (Å²) < 4.78 is 5.87. The van der Waals surface area contributed by atoms with Crippen LogP contribution in [0.1, 0.15) is 37.4 Å². The van der Waals surface area contributed by atoms with Gasteiger partial charge in [-0.15, -0.1) is 0 Å². The molecule has 0 saturated carbocycles. The first-order valence-corrected chi connectivity index (χ1v) is 7.45. The van der Waals surface area contributed by atoms with Crippen molar-refractivity contribution in [2.24, 2.45) is 4.99 Å². The van der Waals surface area contributed by atoms with Gasteiger partial charge in [0.05, 0.1) is 31.0 Å². The number of hydrogen-bond acceptors (Lipinski definition) is 3. The molecule has 3 atom stereocenters. The molecule has 1 aromatic heterocycles. The fraction of sp³-hybridized carbons (Fsp3) is 0.714. The summed E-state index contributed by atoms with van der Waals surface area (Å²) in [6.45, 7) is 5.59. The van der Waals surface area contributed by atoms with Crippen molar-refractivity contribution in [3.8, 4) is 0 Å². The van der Waals surface area contributed by atoms with Crippen LogP contribution in [0.3, 0.4) is 0 Å². The SMILES string of the molecule is CCNC(=NCc1cn[nH]c1C)NC1CC2CCC1O2. The van der Waals surface area contributed by atoms with E-state index in [1.807, 2.05) is 13.1 Å². The number of nitrogens with one attached hydrogen (secondary N) is 3. The fourth-order valence-corrected chi connectivity index (χ4v) is 2.98. The van der Waals surface area contributed by atoms with Crippen LogP contribution in [0.15, 0.2) is 11.2 Å². The van der Waals surface area contributed by atoms with Crippen LogP contribution in [0.4, 0.5) is 0 Å². The second-order valence-electron chi connectivity index (χ2n) is 5.58. The molecule has 0 amide bonds. The van der Waals surface area contributed by atoms with E-state index >= 15 is 0 Å². The maximum atomic E-state index is 5.87. The molecule has 110 valence electrons. The Balaban J connectivity index is 1.61. The molecule has 0 radical (unpaired) electrons. The molecule has 2 aliphatic heterocycles. The lowest BCUT2D eigenvalue weighted by Gasteiger charge is -2.22. The van der Waals surface area contributed by atoms with E-state index in [1.165, 1.54) is 12.8 Å². The number of H-pyrrole nitrogens is 1. The van der Waals surface area contributed by atoms with Gasteiger partial charge in [0.1, 0.15) is 0 Å². The van der Waals surface area contributed by atoms with Crippen molar-refractivity contribution in [2.45, 2.75) is 57.9 Å². The van der Waals surface area contributed by atoms with E-state index < -0.39 is 0 Å². The summed E-state index contributed by atoms with van der Waals surface area (Å²) >= 11 is 0. The highest BCUT2D eigenvalue weighted by molar-refractivity contribution is 5.80. The maximum Gasteiger partial charge on any atom is 0.191 e. The highest BCUT2D eigenvalue weighted by atomic mass is 16.5. The molecule has 1 aromatic rings. The van der Waals surface area contributed by atoms with Gasteiger partial charge >= 0.3 is 0 Å². The Morgan fingerprint density at radius 2 is 2.45 bits per heavy atom. The smallest absolute Gasteiger partial charge is 0.191 e.